The lowest BCUT2D eigenvalue weighted by Crippen LogP contribution is -2.37. The lowest BCUT2D eigenvalue weighted by atomic mass is 10.1. The number of aromatic nitrogens is 1. The summed E-state index contributed by atoms with van der Waals surface area (Å²) < 4.78 is 1.97. The van der Waals surface area contributed by atoms with E-state index < -0.39 is 0 Å². The molecule has 5 rings (SSSR count). The number of aryl methyl sites for hydroxylation is 1. The molecule has 1 aromatic heterocycles. The molecule has 1 saturated heterocycles. The first-order valence-electron chi connectivity index (χ1n) is 11.3. The molecule has 0 N–H and O–H groups in total. The van der Waals surface area contributed by atoms with Crippen LogP contribution in [0.5, 0.6) is 0 Å². The van der Waals surface area contributed by atoms with Gasteiger partial charge in [-0.2, -0.15) is 0 Å². The molecule has 0 atom stereocenters. The van der Waals surface area contributed by atoms with E-state index in [4.69, 9.17) is 0 Å². The van der Waals surface area contributed by atoms with E-state index in [0.29, 0.717) is 0 Å². The van der Waals surface area contributed by atoms with Crippen LogP contribution in [-0.4, -0.2) is 47.3 Å². The molecule has 1 aliphatic carbocycles. The third-order valence-electron chi connectivity index (χ3n) is 6.61. The predicted molar refractivity (Wildman–Crippen MR) is 124 cm³/mol. The van der Waals surface area contributed by atoms with Crippen molar-refractivity contribution in [3.8, 4) is 0 Å². The first-order chi connectivity index (χ1) is 15.1. The zero-order valence-electron chi connectivity index (χ0n) is 18.1. The summed E-state index contributed by atoms with van der Waals surface area (Å²) in [4.78, 5) is 30.3. The van der Waals surface area contributed by atoms with Crippen LogP contribution >= 0.6 is 0 Å². The molecule has 31 heavy (non-hydrogen) atoms. The Bertz CT molecular complexity index is 1130. The van der Waals surface area contributed by atoms with E-state index in [1.54, 1.807) is 0 Å². The molecule has 0 unspecified atom stereocenters. The minimum Gasteiger partial charge on any atom is -0.369 e. The van der Waals surface area contributed by atoms with Gasteiger partial charge in [-0.15, -0.1) is 0 Å². The highest BCUT2D eigenvalue weighted by Gasteiger charge is 2.32. The molecule has 2 fully saturated rings. The van der Waals surface area contributed by atoms with Crippen LogP contribution in [0.1, 0.15) is 35.2 Å². The maximum Gasteiger partial charge on any atom is 0.242 e. The second-order valence-corrected chi connectivity index (χ2v) is 8.83. The number of hydrogen-bond acceptors (Lipinski definition) is 3. The molecule has 2 aromatic carbocycles. The number of nitrogens with zero attached hydrogens (tertiary/aromatic N) is 3. The number of fused-ring (bicyclic) bond motifs is 1. The number of rotatable bonds is 5. The Morgan fingerprint density at radius 2 is 1.71 bits per heavy atom. The van der Waals surface area contributed by atoms with E-state index in [2.05, 4.69) is 36.1 Å². The predicted octanol–water partition coefficient (Wildman–Crippen LogP) is 4.28. The van der Waals surface area contributed by atoms with Crippen molar-refractivity contribution in [3.05, 3.63) is 65.9 Å². The standard InChI is InChI=1S/C26H29N3O2/c1-19-7-2-4-9-23(19)27-13-6-14-28(16-15-27)25(30)18-29-17-22(26(31)20-11-12-20)21-8-3-5-10-24(21)29/h2-5,7-10,17,20H,6,11-16,18H2,1H3. The second-order valence-electron chi connectivity index (χ2n) is 8.83. The number of para-hydroxylation sites is 2. The zero-order chi connectivity index (χ0) is 21.4. The quantitative estimate of drug-likeness (QED) is 0.584. The van der Waals surface area contributed by atoms with Crippen LogP contribution in [0.2, 0.25) is 0 Å². The Kier molecular flexibility index (Phi) is 5.26. The fourth-order valence-corrected chi connectivity index (χ4v) is 4.71. The summed E-state index contributed by atoms with van der Waals surface area (Å²) in [6.07, 6.45) is 4.84. The van der Waals surface area contributed by atoms with Crippen molar-refractivity contribution in [2.75, 3.05) is 31.1 Å². The van der Waals surface area contributed by atoms with Crippen molar-refractivity contribution in [3.63, 3.8) is 0 Å². The van der Waals surface area contributed by atoms with Gasteiger partial charge in [-0.1, -0.05) is 36.4 Å². The fraction of sp³-hybridized carbons (Fsp3) is 0.385. The van der Waals surface area contributed by atoms with E-state index in [1.165, 1.54) is 11.3 Å². The van der Waals surface area contributed by atoms with E-state index in [9.17, 15) is 9.59 Å². The maximum absolute atomic E-state index is 13.2. The maximum atomic E-state index is 13.2. The number of hydrogen-bond donors (Lipinski definition) is 0. The van der Waals surface area contributed by atoms with E-state index in [1.807, 2.05) is 39.9 Å². The number of anilines is 1. The van der Waals surface area contributed by atoms with Gasteiger partial charge in [-0.05, 0) is 43.9 Å². The molecule has 1 amide bonds. The summed E-state index contributed by atoms with van der Waals surface area (Å²) in [5.74, 6) is 0.525. The van der Waals surface area contributed by atoms with Crippen molar-refractivity contribution in [2.24, 2.45) is 5.92 Å². The van der Waals surface area contributed by atoms with Gasteiger partial charge in [0, 0.05) is 60.4 Å². The third-order valence-corrected chi connectivity index (χ3v) is 6.61. The normalized spacial score (nSPS) is 17.1. The van der Waals surface area contributed by atoms with Gasteiger partial charge in [0.1, 0.15) is 6.54 Å². The molecule has 5 nitrogen and oxygen atoms in total. The molecule has 5 heteroatoms. The molecule has 0 bridgehead atoms. The van der Waals surface area contributed by atoms with E-state index in [-0.39, 0.29) is 24.2 Å². The minimum absolute atomic E-state index is 0.123. The van der Waals surface area contributed by atoms with Gasteiger partial charge in [0.2, 0.25) is 5.91 Å². The largest absolute Gasteiger partial charge is 0.369 e. The van der Waals surface area contributed by atoms with Crippen molar-refractivity contribution in [1.29, 1.82) is 0 Å². The van der Waals surface area contributed by atoms with Gasteiger partial charge in [0.25, 0.3) is 0 Å². The highest BCUT2D eigenvalue weighted by atomic mass is 16.2. The van der Waals surface area contributed by atoms with Gasteiger partial charge < -0.3 is 14.4 Å². The van der Waals surface area contributed by atoms with Gasteiger partial charge in [0.05, 0.1) is 0 Å². The van der Waals surface area contributed by atoms with Crippen molar-refractivity contribution in [2.45, 2.75) is 32.7 Å². The topological polar surface area (TPSA) is 45.5 Å². The van der Waals surface area contributed by atoms with Crippen LogP contribution in [0.3, 0.4) is 0 Å². The van der Waals surface area contributed by atoms with E-state index >= 15 is 0 Å². The average Bonchev–Trinajstić information content (AvgIpc) is 3.60. The molecule has 1 saturated carbocycles. The van der Waals surface area contributed by atoms with Crippen LogP contribution in [0.4, 0.5) is 5.69 Å². The van der Waals surface area contributed by atoms with Crippen LogP contribution < -0.4 is 4.90 Å². The average molecular weight is 416 g/mol. The number of carbonyl (C=O) groups is 2. The van der Waals surface area contributed by atoms with Crippen LogP contribution in [0.25, 0.3) is 10.9 Å². The van der Waals surface area contributed by atoms with Gasteiger partial charge in [-0.3, -0.25) is 9.59 Å². The van der Waals surface area contributed by atoms with Gasteiger partial charge >= 0.3 is 0 Å². The smallest absolute Gasteiger partial charge is 0.242 e. The monoisotopic (exact) mass is 415 g/mol. The number of carbonyl (C=O) groups excluding carboxylic acids is 2. The molecule has 2 aliphatic rings. The number of Topliss-reactive ketones (excluding diaryl/α,β-unsaturated/α-hetero) is 1. The van der Waals surface area contributed by atoms with Crippen molar-refractivity contribution < 1.29 is 9.59 Å². The van der Waals surface area contributed by atoms with Gasteiger partial charge in [-0.25, -0.2) is 0 Å². The molecule has 2 heterocycles. The lowest BCUT2D eigenvalue weighted by molar-refractivity contribution is -0.131. The molecule has 3 aromatic rings. The van der Waals surface area contributed by atoms with E-state index in [0.717, 1.165) is 61.9 Å². The summed E-state index contributed by atoms with van der Waals surface area (Å²) in [5, 5.41) is 0.966. The highest BCUT2D eigenvalue weighted by Crippen LogP contribution is 2.35. The molecule has 1 aliphatic heterocycles. The summed E-state index contributed by atoms with van der Waals surface area (Å²) in [6, 6.07) is 16.4. The van der Waals surface area contributed by atoms with Crippen LogP contribution in [0.15, 0.2) is 54.7 Å². The number of benzene rings is 2. The van der Waals surface area contributed by atoms with Gasteiger partial charge in [0.15, 0.2) is 5.78 Å². The Morgan fingerprint density at radius 1 is 0.935 bits per heavy atom. The number of ketones is 1. The molecular weight excluding hydrogens is 386 g/mol. The first-order valence-corrected chi connectivity index (χ1v) is 11.3. The number of amides is 1. The highest BCUT2D eigenvalue weighted by molar-refractivity contribution is 6.10. The van der Waals surface area contributed by atoms with Crippen molar-refractivity contribution in [1.82, 2.24) is 9.47 Å². The van der Waals surface area contributed by atoms with Crippen LogP contribution in [-0.2, 0) is 11.3 Å². The Hall–Kier alpha value is -3.08. The molecule has 0 radical (unpaired) electrons. The Labute approximate surface area is 183 Å². The summed E-state index contributed by atoms with van der Waals surface area (Å²) in [7, 11) is 0. The summed E-state index contributed by atoms with van der Waals surface area (Å²) >= 11 is 0. The molecule has 160 valence electrons. The Balaban J connectivity index is 1.32. The SMILES string of the molecule is Cc1ccccc1N1CCCN(C(=O)Cn2cc(C(=O)C3CC3)c3ccccc32)CC1. The molecular formula is C26H29N3O2. The third kappa shape index (κ3) is 3.97. The molecule has 0 spiro atoms. The van der Waals surface area contributed by atoms with Crippen LogP contribution in [0, 0.1) is 12.8 Å². The van der Waals surface area contributed by atoms with Crippen molar-refractivity contribution >= 4 is 28.3 Å². The summed E-state index contributed by atoms with van der Waals surface area (Å²) in [5.41, 5.74) is 4.27. The second kappa shape index (κ2) is 8.22. The lowest BCUT2D eigenvalue weighted by Gasteiger charge is -2.25. The summed E-state index contributed by atoms with van der Waals surface area (Å²) in [6.45, 7) is 5.72. The minimum atomic E-state index is 0.123. The zero-order valence-corrected chi connectivity index (χ0v) is 18.1. The Morgan fingerprint density at radius 3 is 2.52 bits per heavy atom. The fourth-order valence-electron chi connectivity index (χ4n) is 4.71. The first kappa shape index (κ1) is 19.9.